The van der Waals surface area contributed by atoms with Crippen molar-refractivity contribution < 1.29 is 4.74 Å². The molecule has 2 nitrogen and oxygen atoms in total. The van der Waals surface area contributed by atoms with Gasteiger partial charge in [-0.15, -0.1) is 0 Å². The van der Waals surface area contributed by atoms with Gasteiger partial charge in [-0.2, -0.15) is 0 Å². The van der Waals surface area contributed by atoms with Crippen molar-refractivity contribution in [1.29, 1.82) is 0 Å². The van der Waals surface area contributed by atoms with Gasteiger partial charge in [0.05, 0.1) is 12.2 Å². The van der Waals surface area contributed by atoms with Gasteiger partial charge in [-0.25, -0.2) is 0 Å². The smallest absolute Gasteiger partial charge is 0.0599 e. The molecule has 1 N–H and O–H groups in total. The summed E-state index contributed by atoms with van der Waals surface area (Å²) in [6, 6.07) is 0. The summed E-state index contributed by atoms with van der Waals surface area (Å²) in [7, 11) is 0. The van der Waals surface area contributed by atoms with Gasteiger partial charge in [0, 0.05) is 18.1 Å². The predicted molar refractivity (Wildman–Crippen MR) is 53.6 cm³/mol. The highest BCUT2D eigenvalue weighted by atomic mass is 35.5. The maximum Gasteiger partial charge on any atom is 0.0599 e. The van der Waals surface area contributed by atoms with Crippen molar-refractivity contribution in [2.45, 2.75) is 26.4 Å². The van der Waals surface area contributed by atoms with Gasteiger partial charge in [0.1, 0.15) is 0 Å². The fraction of sp³-hybridized carbons (Fsp3) is 0.778. The predicted octanol–water partition coefficient (Wildman–Crippen LogP) is 2.14. The van der Waals surface area contributed by atoms with Crippen LogP contribution in [0.2, 0.25) is 0 Å². The Balaban J connectivity index is 3.17. The lowest BCUT2D eigenvalue weighted by molar-refractivity contribution is -0.000519. The molecule has 0 aromatic rings. The molecule has 0 saturated heterocycles. The number of nitrogens with one attached hydrogen (secondary N) is 1. The van der Waals surface area contributed by atoms with Crippen molar-refractivity contribution in [2.24, 2.45) is 0 Å². The van der Waals surface area contributed by atoms with Crippen LogP contribution in [0.3, 0.4) is 0 Å². The molecule has 0 aromatic heterocycles. The quantitative estimate of drug-likeness (QED) is 0.673. The van der Waals surface area contributed by atoms with E-state index < -0.39 is 0 Å². The Morgan fingerprint density at radius 1 is 1.50 bits per heavy atom. The van der Waals surface area contributed by atoms with Crippen molar-refractivity contribution in [3.05, 3.63) is 11.6 Å². The lowest BCUT2D eigenvalue weighted by Gasteiger charge is -2.19. The Morgan fingerprint density at radius 2 is 2.08 bits per heavy atom. The molecular formula is C9H18ClNO. The van der Waals surface area contributed by atoms with Crippen molar-refractivity contribution in [3.63, 3.8) is 0 Å². The van der Waals surface area contributed by atoms with Crippen LogP contribution in [0.15, 0.2) is 11.6 Å². The average molecular weight is 192 g/mol. The molecule has 0 aliphatic heterocycles. The van der Waals surface area contributed by atoms with E-state index in [9.17, 15) is 0 Å². The summed E-state index contributed by atoms with van der Waals surface area (Å²) >= 11 is 5.55. The Kier molecular flexibility index (Phi) is 5.55. The Morgan fingerprint density at radius 3 is 2.50 bits per heavy atom. The molecule has 0 saturated carbocycles. The van der Waals surface area contributed by atoms with Crippen molar-refractivity contribution in [2.75, 3.05) is 19.7 Å². The Hall–Kier alpha value is -0.0500. The van der Waals surface area contributed by atoms with Crippen LogP contribution in [0.1, 0.15) is 20.8 Å². The summed E-state index contributed by atoms with van der Waals surface area (Å²) < 4.78 is 5.48. The number of hydrogen-bond acceptors (Lipinski definition) is 2. The van der Waals surface area contributed by atoms with E-state index in [-0.39, 0.29) is 5.60 Å². The highest BCUT2D eigenvalue weighted by molar-refractivity contribution is 6.29. The fourth-order valence-electron chi connectivity index (χ4n) is 0.653. The second-order valence-electron chi connectivity index (χ2n) is 3.65. The molecule has 72 valence electrons. The Labute approximate surface area is 79.9 Å². The van der Waals surface area contributed by atoms with Crippen LogP contribution in [0, 0.1) is 0 Å². The van der Waals surface area contributed by atoms with Gasteiger partial charge in [0.2, 0.25) is 0 Å². The largest absolute Gasteiger partial charge is 0.375 e. The first-order valence-corrected chi connectivity index (χ1v) is 4.47. The van der Waals surface area contributed by atoms with Crippen LogP contribution in [0.25, 0.3) is 0 Å². The lowest BCUT2D eigenvalue weighted by atomic mass is 10.2. The number of rotatable bonds is 5. The molecule has 0 amide bonds. The van der Waals surface area contributed by atoms with Crippen molar-refractivity contribution in [3.8, 4) is 0 Å². The van der Waals surface area contributed by atoms with E-state index in [1.54, 1.807) is 0 Å². The first-order valence-electron chi connectivity index (χ1n) is 4.10. The van der Waals surface area contributed by atoms with E-state index >= 15 is 0 Å². The monoisotopic (exact) mass is 191 g/mol. The van der Waals surface area contributed by atoms with Crippen molar-refractivity contribution >= 4 is 11.6 Å². The van der Waals surface area contributed by atoms with Crippen LogP contribution in [-0.2, 0) is 4.74 Å². The minimum Gasteiger partial charge on any atom is -0.375 e. The highest BCUT2D eigenvalue weighted by Crippen LogP contribution is 2.05. The van der Waals surface area contributed by atoms with Gasteiger partial charge in [-0.05, 0) is 20.8 Å². The minimum absolute atomic E-state index is 0.0559. The van der Waals surface area contributed by atoms with Gasteiger partial charge < -0.3 is 10.1 Å². The number of ether oxygens (including phenoxy) is 1. The third kappa shape index (κ3) is 9.95. The summed E-state index contributed by atoms with van der Waals surface area (Å²) in [5.74, 6) is 0. The summed E-state index contributed by atoms with van der Waals surface area (Å²) in [5, 5.41) is 3.73. The molecule has 0 radical (unpaired) electrons. The molecular weight excluding hydrogens is 174 g/mol. The van der Waals surface area contributed by atoms with E-state index in [1.807, 2.05) is 20.8 Å². The van der Waals surface area contributed by atoms with Crippen LogP contribution in [0.4, 0.5) is 0 Å². The first-order chi connectivity index (χ1) is 5.42. The zero-order valence-corrected chi connectivity index (χ0v) is 8.87. The zero-order valence-electron chi connectivity index (χ0n) is 8.11. The zero-order chi connectivity index (χ0) is 9.61. The maximum absolute atomic E-state index is 5.55. The van der Waals surface area contributed by atoms with Crippen LogP contribution >= 0.6 is 11.6 Å². The maximum atomic E-state index is 5.55. The lowest BCUT2D eigenvalue weighted by Crippen LogP contribution is -2.27. The van der Waals surface area contributed by atoms with Crippen molar-refractivity contribution in [1.82, 2.24) is 5.32 Å². The van der Waals surface area contributed by atoms with Crippen LogP contribution < -0.4 is 5.32 Å². The fourth-order valence-corrected chi connectivity index (χ4v) is 0.748. The van der Waals surface area contributed by atoms with Gasteiger partial charge in [-0.3, -0.25) is 0 Å². The normalized spacial score (nSPS) is 11.7. The van der Waals surface area contributed by atoms with Gasteiger partial charge in [-0.1, -0.05) is 18.2 Å². The second-order valence-corrected chi connectivity index (χ2v) is 4.19. The van der Waals surface area contributed by atoms with E-state index in [0.717, 1.165) is 6.54 Å². The third-order valence-electron chi connectivity index (χ3n) is 1.13. The van der Waals surface area contributed by atoms with Crippen LogP contribution in [0.5, 0.6) is 0 Å². The molecule has 0 unspecified atom stereocenters. The third-order valence-corrected chi connectivity index (χ3v) is 1.26. The van der Waals surface area contributed by atoms with Gasteiger partial charge in [0.15, 0.2) is 0 Å². The molecule has 12 heavy (non-hydrogen) atoms. The molecule has 3 heteroatoms. The summed E-state index contributed by atoms with van der Waals surface area (Å²) in [6.45, 7) is 11.8. The molecule has 0 fully saturated rings. The Bertz CT molecular complexity index is 140. The molecule has 0 spiro atoms. The second kappa shape index (κ2) is 5.57. The van der Waals surface area contributed by atoms with Crippen LogP contribution in [-0.4, -0.2) is 25.3 Å². The minimum atomic E-state index is -0.0559. The summed E-state index contributed by atoms with van der Waals surface area (Å²) in [5.41, 5.74) is -0.0559. The topological polar surface area (TPSA) is 21.3 Å². The van der Waals surface area contributed by atoms with E-state index in [0.29, 0.717) is 18.2 Å². The molecule has 0 bridgehead atoms. The average Bonchev–Trinajstić information content (AvgIpc) is 1.83. The molecule has 0 heterocycles. The molecule has 0 aromatic carbocycles. The number of halogens is 1. The van der Waals surface area contributed by atoms with Gasteiger partial charge >= 0.3 is 0 Å². The molecule has 0 aliphatic rings. The summed E-state index contributed by atoms with van der Waals surface area (Å²) in [6.07, 6.45) is 0. The molecule has 0 rings (SSSR count). The first kappa shape index (κ1) is 11.9. The van der Waals surface area contributed by atoms with Gasteiger partial charge in [0.25, 0.3) is 0 Å². The van der Waals surface area contributed by atoms with E-state index in [1.165, 1.54) is 0 Å². The van der Waals surface area contributed by atoms with E-state index in [2.05, 4.69) is 11.9 Å². The highest BCUT2D eigenvalue weighted by Gasteiger charge is 2.08. The molecule has 0 aliphatic carbocycles. The number of hydrogen-bond donors (Lipinski definition) is 1. The summed E-state index contributed by atoms with van der Waals surface area (Å²) in [4.78, 5) is 0. The SMILES string of the molecule is C=C(Cl)CNCCOC(C)(C)C. The molecule has 0 atom stereocenters. The standard InChI is InChI=1S/C9H18ClNO/c1-8(10)7-11-5-6-12-9(2,3)4/h11H,1,5-7H2,2-4H3. The van der Waals surface area contributed by atoms with E-state index in [4.69, 9.17) is 16.3 Å².